The van der Waals surface area contributed by atoms with Gasteiger partial charge in [-0.15, -0.1) is 0 Å². The first-order valence-corrected chi connectivity index (χ1v) is 8.59. The molecule has 0 bridgehead atoms. The number of sulfonamides is 1. The van der Waals surface area contributed by atoms with Crippen LogP contribution in [-0.2, 0) is 30.8 Å². The van der Waals surface area contributed by atoms with Crippen LogP contribution in [0.4, 0.5) is 0 Å². The number of aliphatic carboxylic acids is 1. The average molecular weight is 359 g/mol. The van der Waals surface area contributed by atoms with Crippen molar-refractivity contribution >= 4 is 22.0 Å². The zero-order chi connectivity index (χ0) is 18.5. The molecule has 0 aromatic heterocycles. The monoisotopic (exact) mass is 359 g/mol. The molecule has 0 spiro atoms. The van der Waals surface area contributed by atoms with Crippen LogP contribution in [0.15, 0.2) is 23.1 Å². The van der Waals surface area contributed by atoms with Crippen LogP contribution in [0.2, 0.25) is 0 Å². The third kappa shape index (κ3) is 4.93. The van der Waals surface area contributed by atoms with Gasteiger partial charge in [-0.25, -0.2) is 8.42 Å². The Hall–Kier alpha value is -2.13. The number of carbonyl (C=O) groups is 2. The van der Waals surface area contributed by atoms with Crippen LogP contribution < -0.4 is 9.46 Å². The molecule has 0 aliphatic carbocycles. The third-order valence-corrected chi connectivity index (χ3v) is 4.88. The molecular formula is C15H21NO7S. The first-order chi connectivity index (χ1) is 11.1. The number of carboxylic acid groups (broad SMARTS) is 1. The molecule has 1 aromatic rings. The van der Waals surface area contributed by atoms with Crippen LogP contribution >= 0.6 is 0 Å². The molecule has 2 N–H and O–H groups in total. The van der Waals surface area contributed by atoms with E-state index < -0.39 is 33.9 Å². The molecule has 0 radical (unpaired) electrons. The maximum absolute atomic E-state index is 12.6. The Morgan fingerprint density at radius 3 is 2.33 bits per heavy atom. The summed E-state index contributed by atoms with van der Waals surface area (Å²) in [4.78, 5) is 22.6. The average Bonchev–Trinajstić information content (AvgIpc) is 2.51. The van der Waals surface area contributed by atoms with E-state index in [1.165, 1.54) is 32.4 Å². The van der Waals surface area contributed by atoms with Crippen molar-refractivity contribution < 1.29 is 32.6 Å². The van der Waals surface area contributed by atoms with Gasteiger partial charge in [0.15, 0.2) is 0 Å². The van der Waals surface area contributed by atoms with E-state index in [1.54, 1.807) is 13.8 Å². The Labute approximate surface area is 140 Å². The van der Waals surface area contributed by atoms with Gasteiger partial charge in [-0.3, -0.25) is 9.59 Å². The summed E-state index contributed by atoms with van der Waals surface area (Å²) in [5.41, 5.74) is 0.154. The van der Waals surface area contributed by atoms with E-state index in [4.69, 9.17) is 9.84 Å². The quantitative estimate of drug-likeness (QED) is 0.659. The highest BCUT2D eigenvalue weighted by molar-refractivity contribution is 7.89. The van der Waals surface area contributed by atoms with Gasteiger partial charge in [-0.1, -0.05) is 13.8 Å². The van der Waals surface area contributed by atoms with Crippen LogP contribution in [0, 0.1) is 5.92 Å². The van der Waals surface area contributed by atoms with Gasteiger partial charge in [0, 0.05) is 0 Å². The summed E-state index contributed by atoms with van der Waals surface area (Å²) >= 11 is 0. The molecule has 0 heterocycles. The van der Waals surface area contributed by atoms with E-state index in [0.29, 0.717) is 5.75 Å². The highest BCUT2D eigenvalue weighted by atomic mass is 32.2. The van der Waals surface area contributed by atoms with E-state index in [2.05, 4.69) is 9.46 Å². The Balaban J connectivity index is 3.31. The summed E-state index contributed by atoms with van der Waals surface area (Å²) in [5.74, 6) is -2.00. The molecule has 0 aliphatic rings. The Bertz CT molecular complexity index is 713. The summed E-state index contributed by atoms with van der Waals surface area (Å²) in [5, 5.41) is 9.17. The van der Waals surface area contributed by atoms with Gasteiger partial charge < -0.3 is 14.6 Å². The highest BCUT2D eigenvalue weighted by Crippen LogP contribution is 2.23. The third-order valence-electron chi connectivity index (χ3n) is 3.33. The topological polar surface area (TPSA) is 119 Å². The Morgan fingerprint density at radius 2 is 1.88 bits per heavy atom. The number of hydrogen-bond acceptors (Lipinski definition) is 6. The Kier molecular flexibility index (Phi) is 6.73. The Morgan fingerprint density at radius 1 is 1.25 bits per heavy atom. The first-order valence-electron chi connectivity index (χ1n) is 7.11. The smallest absolute Gasteiger partial charge is 0.322 e. The van der Waals surface area contributed by atoms with Crippen LogP contribution in [0.25, 0.3) is 0 Å². The largest absolute Gasteiger partial charge is 0.497 e. The number of methoxy groups -OCH3 is 2. The molecule has 1 atom stereocenters. The van der Waals surface area contributed by atoms with Gasteiger partial charge in [-0.2, -0.15) is 4.72 Å². The van der Waals surface area contributed by atoms with Crippen molar-refractivity contribution in [2.45, 2.75) is 31.2 Å². The zero-order valence-corrected chi connectivity index (χ0v) is 14.7. The minimum atomic E-state index is -4.15. The molecule has 1 rings (SSSR count). The summed E-state index contributed by atoms with van der Waals surface area (Å²) in [7, 11) is -1.56. The number of carboxylic acids is 1. The van der Waals surface area contributed by atoms with E-state index >= 15 is 0 Å². The molecule has 0 aliphatic heterocycles. The minimum absolute atomic E-state index is 0.154. The van der Waals surface area contributed by atoms with Gasteiger partial charge in [0.05, 0.1) is 25.5 Å². The molecule has 0 saturated carbocycles. The molecule has 0 saturated heterocycles. The van der Waals surface area contributed by atoms with Crippen LogP contribution in [0.5, 0.6) is 5.75 Å². The summed E-state index contributed by atoms with van der Waals surface area (Å²) in [6.45, 7) is 3.18. The first kappa shape index (κ1) is 19.9. The normalized spacial score (nSPS) is 12.7. The molecule has 1 aromatic carbocycles. The van der Waals surface area contributed by atoms with E-state index in [-0.39, 0.29) is 16.9 Å². The van der Waals surface area contributed by atoms with Crippen molar-refractivity contribution in [3.8, 4) is 5.75 Å². The molecule has 134 valence electrons. The number of esters is 1. The fourth-order valence-corrected chi connectivity index (χ4v) is 3.57. The molecular weight excluding hydrogens is 338 g/mol. The predicted molar refractivity (Wildman–Crippen MR) is 85.3 cm³/mol. The second-order valence-corrected chi connectivity index (χ2v) is 7.09. The second kappa shape index (κ2) is 8.11. The SMILES string of the molecule is COC(=O)Cc1cc(OC)ccc1S(=O)(=O)N[C@@H](C(=O)O)C(C)C. The van der Waals surface area contributed by atoms with E-state index in [9.17, 15) is 18.0 Å². The number of nitrogens with one attached hydrogen (secondary N) is 1. The summed E-state index contributed by atoms with van der Waals surface area (Å²) < 4.78 is 36.9. The zero-order valence-electron chi connectivity index (χ0n) is 13.9. The standard InChI is InChI=1S/C15H21NO7S/c1-9(2)14(15(18)19)16-24(20,21)12-6-5-11(22-3)7-10(12)8-13(17)23-4/h5-7,9,14,16H,8H2,1-4H3,(H,18,19)/t14-/m1/s1. The minimum Gasteiger partial charge on any atom is -0.497 e. The number of ether oxygens (including phenoxy) is 2. The lowest BCUT2D eigenvalue weighted by Gasteiger charge is -2.19. The molecule has 0 unspecified atom stereocenters. The second-order valence-electron chi connectivity index (χ2n) is 5.41. The lowest BCUT2D eigenvalue weighted by Crippen LogP contribution is -2.44. The van der Waals surface area contributed by atoms with E-state index in [1.807, 2.05) is 0 Å². The highest BCUT2D eigenvalue weighted by Gasteiger charge is 2.30. The van der Waals surface area contributed by atoms with Crippen LogP contribution in [0.3, 0.4) is 0 Å². The molecule has 24 heavy (non-hydrogen) atoms. The van der Waals surface area contributed by atoms with Gasteiger partial charge in [0.2, 0.25) is 10.0 Å². The number of carbonyl (C=O) groups excluding carboxylic acids is 1. The number of hydrogen-bond donors (Lipinski definition) is 2. The fourth-order valence-electron chi connectivity index (χ4n) is 2.01. The summed E-state index contributed by atoms with van der Waals surface area (Å²) in [6, 6.07) is 2.79. The van der Waals surface area contributed by atoms with Gasteiger partial charge in [-0.05, 0) is 29.7 Å². The van der Waals surface area contributed by atoms with Crippen molar-refractivity contribution in [1.82, 2.24) is 4.72 Å². The van der Waals surface area contributed by atoms with Crippen LogP contribution in [-0.4, -0.2) is 45.7 Å². The van der Waals surface area contributed by atoms with Crippen molar-refractivity contribution in [2.24, 2.45) is 5.92 Å². The van der Waals surface area contributed by atoms with E-state index in [0.717, 1.165) is 0 Å². The number of benzene rings is 1. The van der Waals surface area contributed by atoms with Crippen molar-refractivity contribution in [3.05, 3.63) is 23.8 Å². The maximum Gasteiger partial charge on any atom is 0.322 e. The van der Waals surface area contributed by atoms with Gasteiger partial charge in [0.25, 0.3) is 0 Å². The molecule has 9 heteroatoms. The molecule has 0 fully saturated rings. The van der Waals surface area contributed by atoms with Crippen LogP contribution in [0.1, 0.15) is 19.4 Å². The van der Waals surface area contributed by atoms with Crippen molar-refractivity contribution in [2.75, 3.05) is 14.2 Å². The van der Waals surface area contributed by atoms with Gasteiger partial charge in [0.1, 0.15) is 11.8 Å². The van der Waals surface area contributed by atoms with Crippen molar-refractivity contribution in [1.29, 1.82) is 0 Å². The van der Waals surface area contributed by atoms with Crippen molar-refractivity contribution in [3.63, 3.8) is 0 Å². The van der Waals surface area contributed by atoms with Gasteiger partial charge >= 0.3 is 11.9 Å². The molecule has 8 nitrogen and oxygen atoms in total. The fraction of sp³-hybridized carbons (Fsp3) is 0.467. The molecule has 0 amide bonds. The predicted octanol–water partition coefficient (Wildman–Crippen LogP) is 0.798. The maximum atomic E-state index is 12.6. The summed E-state index contributed by atoms with van der Waals surface area (Å²) in [6.07, 6.45) is -0.288. The lowest BCUT2D eigenvalue weighted by atomic mass is 10.1. The lowest BCUT2D eigenvalue weighted by molar-refractivity contribution is -0.140. The number of rotatable bonds is 8.